The second kappa shape index (κ2) is 6.02. The van der Waals surface area contributed by atoms with E-state index in [0.717, 1.165) is 13.0 Å². The molecule has 0 aliphatic carbocycles. The number of carbonyl (C=O) groups is 1. The Morgan fingerprint density at radius 2 is 2.36 bits per heavy atom. The molecule has 3 heteroatoms. The normalized spacial score (nSPS) is 22.8. The summed E-state index contributed by atoms with van der Waals surface area (Å²) in [4.78, 5) is 12.9. The fourth-order valence-corrected chi connectivity index (χ4v) is 2.17. The molecule has 1 atom stereocenters. The van der Waals surface area contributed by atoms with Gasteiger partial charge in [-0.15, -0.1) is 0 Å². The van der Waals surface area contributed by atoms with Crippen LogP contribution in [0.5, 0.6) is 0 Å². The van der Waals surface area contributed by atoms with Crippen molar-refractivity contribution in [2.45, 2.75) is 51.5 Å². The third kappa shape index (κ3) is 3.66. The Labute approximate surface area is 86.1 Å². The summed E-state index contributed by atoms with van der Waals surface area (Å²) in [5.74, 6) is -0.660. The molecule has 1 rings (SSSR count). The first-order valence-electron chi connectivity index (χ1n) is 5.70. The van der Waals surface area contributed by atoms with Crippen LogP contribution in [0, 0.1) is 0 Å². The summed E-state index contributed by atoms with van der Waals surface area (Å²) in [6.45, 7) is 4.52. The van der Waals surface area contributed by atoms with E-state index in [-0.39, 0.29) is 0 Å². The fourth-order valence-electron chi connectivity index (χ4n) is 2.17. The van der Waals surface area contributed by atoms with Crippen LogP contribution in [0.15, 0.2) is 0 Å². The lowest BCUT2D eigenvalue weighted by Gasteiger charge is -2.23. The van der Waals surface area contributed by atoms with Crippen molar-refractivity contribution < 1.29 is 9.90 Å². The molecule has 14 heavy (non-hydrogen) atoms. The fraction of sp³-hybridized carbons (Fsp3) is 0.909. The van der Waals surface area contributed by atoms with Gasteiger partial charge in [0.1, 0.15) is 0 Å². The highest BCUT2D eigenvalue weighted by molar-refractivity contribution is 5.66. The third-order valence-electron chi connectivity index (χ3n) is 2.99. The number of rotatable bonds is 6. The van der Waals surface area contributed by atoms with Gasteiger partial charge in [-0.1, -0.05) is 13.3 Å². The van der Waals surface area contributed by atoms with Gasteiger partial charge in [0.25, 0.3) is 0 Å². The molecule has 1 heterocycles. The van der Waals surface area contributed by atoms with Crippen LogP contribution in [-0.4, -0.2) is 35.1 Å². The molecule has 0 bridgehead atoms. The highest BCUT2D eigenvalue weighted by Gasteiger charge is 2.23. The average molecular weight is 199 g/mol. The van der Waals surface area contributed by atoms with Crippen molar-refractivity contribution in [1.29, 1.82) is 0 Å². The second-order valence-electron chi connectivity index (χ2n) is 4.12. The zero-order valence-corrected chi connectivity index (χ0v) is 9.04. The zero-order chi connectivity index (χ0) is 10.4. The molecule has 0 aromatic carbocycles. The number of unbranched alkanes of at least 4 members (excludes halogenated alkanes) is 1. The van der Waals surface area contributed by atoms with Crippen molar-refractivity contribution in [2.75, 3.05) is 13.1 Å². The maximum Gasteiger partial charge on any atom is 0.303 e. The molecule has 1 aliphatic rings. The third-order valence-corrected chi connectivity index (χ3v) is 2.99. The van der Waals surface area contributed by atoms with E-state index in [2.05, 4.69) is 11.8 Å². The molecule has 1 N–H and O–H groups in total. The Morgan fingerprint density at radius 3 is 3.00 bits per heavy atom. The van der Waals surface area contributed by atoms with E-state index < -0.39 is 5.97 Å². The minimum absolute atomic E-state index is 0.327. The van der Waals surface area contributed by atoms with Crippen LogP contribution in [0.25, 0.3) is 0 Å². The quantitative estimate of drug-likeness (QED) is 0.712. The first-order chi connectivity index (χ1) is 6.74. The van der Waals surface area contributed by atoms with Crippen molar-refractivity contribution in [3.8, 4) is 0 Å². The summed E-state index contributed by atoms with van der Waals surface area (Å²) in [5.41, 5.74) is 0. The molecular formula is C11H21NO2. The van der Waals surface area contributed by atoms with Gasteiger partial charge in [-0.25, -0.2) is 0 Å². The molecule has 0 amide bonds. The molecule has 3 nitrogen and oxygen atoms in total. The van der Waals surface area contributed by atoms with Gasteiger partial charge in [0.15, 0.2) is 0 Å². The van der Waals surface area contributed by atoms with Gasteiger partial charge < -0.3 is 10.0 Å². The van der Waals surface area contributed by atoms with E-state index in [9.17, 15) is 4.79 Å². The lowest BCUT2D eigenvalue weighted by Crippen LogP contribution is -2.30. The monoisotopic (exact) mass is 199 g/mol. The molecule has 0 spiro atoms. The number of aliphatic carboxylic acids is 1. The maximum atomic E-state index is 10.5. The van der Waals surface area contributed by atoms with Gasteiger partial charge in [0.05, 0.1) is 0 Å². The van der Waals surface area contributed by atoms with Gasteiger partial charge in [-0.2, -0.15) is 0 Å². The molecule has 0 aromatic rings. The van der Waals surface area contributed by atoms with Crippen LogP contribution in [0.2, 0.25) is 0 Å². The van der Waals surface area contributed by atoms with E-state index >= 15 is 0 Å². The largest absolute Gasteiger partial charge is 0.481 e. The summed E-state index contributed by atoms with van der Waals surface area (Å²) in [5, 5.41) is 8.62. The predicted molar refractivity (Wildman–Crippen MR) is 56.4 cm³/mol. The summed E-state index contributed by atoms with van der Waals surface area (Å²) < 4.78 is 0. The lowest BCUT2D eigenvalue weighted by atomic mass is 10.1. The molecule has 1 aliphatic heterocycles. The van der Waals surface area contributed by atoms with E-state index in [1.165, 1.54) is 32.2 Å². The molecular weight excluding hydrogens is 178 g/mol. The van der Waals surface area contributed by atoms with Gasteiger partial charge >= 0.3 is 5.97 Å². The van der Waals surface area contributed by atoms with Gasteiger partial charge in [0.2, 0.25) is 0 Å². The van der Waals surface area contributed by atoms with Crippen LogP contribution in [0.4, 0.5) is 0 Å². The number of likely N-dealkylation sites (tertiary alicyclic amines) is 1. The van der Waals surface area contributed by atoms with Crippen molar-refractivity contribution in [2.24, 2.45) is 0 Å². The molecule has 0 saturated carbocycles. The van der Waals surface area contributed by atoms with Gasteiger partial charge in [-0.05, 0) is 38.8 Å². The topological polar surface area (TPSA) is 40.5 Å². The Bertz CT molecular complexity index is 182. The lowest BCUT2D eigenvalue weighted by molar-refractivity contribution is -0.137. The van der Waals surface area contributed by atoms with Crippen LogP contribution < -0.4 is 0 Å². The Kier molecular flexibility index (Phi) is 4.94. The first-order valence-corrected chi connectivity index (χ1v) is 5.70. The molecule has 0 aromatic heterocycles. The average Bonchev–Trinajstić information content (AvgIpc) is 2.58. The first kappa shape index (κ1) is 11.5. The standard InChI is InChI=1S/C11H21NO2/c1-2-3-8-12-9-4-5-10(12)6-7-11(13)14/h10H,2-9H2,1H3,(H,13,14). The predicted octanol–water partition coefficient (Wildman–Crippen LogP) is 2.12. The molecule has 1 saturated heterocycles. The number of carboxylic acid groups (broad SMARTS) is 1. The highest BCUT2D eigenvalue weighted by atomic mass is 16.4. The van der Waals surface area contributed by atoms with E-state index in [1.54, 1.807) is 0 Å². The highest BCUT2D eigenvalue weighted by Crippen LogP contribution is 2.21. The number of hydrogen-bond acceptors (Lipinski definition) is 2. The smallest absolute Gasteiger partial charge is 0.303 e. The van der Waals surface area contributed by atoms with Crippen molar-refractivity contribution >= 4 is 5.97 Å². The van der Waals surface area contributed by atoms with Crippen LogP contribution in [-0.2, 0) is 4.79 Å². The number of hydrogen-bond donors (Lipinski definition) is 1. The van der Waals surface area contributed by atoms with Crippen LogP contribution >= 0.6 is 0 Å². The summed E-state index contributed by atoms with van der Waals surface area (Å²) in [6, 6.07) is 0.539. The summed E-state index contributed by atoms with van der Waals surface area (Å²) >= 11 is 0. The van der Waals surface area contributed by atoms with Crippen LogP contribution in [0.1, 0.15) is 45.4 Å². The number of carboxylic acids is 1. The molecule has 0 radical (unpaired) electrons. The Hall–Kier alpha value is -0.570. The summed E-state index contributed by atoms with van der Waals surface area (Å²) in [7, 11) is 0. The van der Waals surface area contributed by atoms with Crippen molar-refractivity contribution in [3.63, 3.8) is 0 Å². The molecule has 1 fully saturated rings. The maximum absolute atomic E-state index is 10.5. The molecule has 1 unspecified atom stereocenters. The van der Waals surface area contributed by atoms with E-state index in [1.807, 2.05) is 0 Å². The van der Waals surface area contributed by atoms with Gasteiger partial charge in [0, 0.05) is 12.5 Å². The van der Waals surface area contributed by atoms with E-state index in [0.29, 0.717) is 12.5 Å². The Balaban J connectivity index is 2.24. The van der Waals surface area contributed by atoms with E-state index in [4.69, 9.17) is 5.11 Å². The van der Waals surface area contributed by atoms with Crippen molar-refractivity contribution in [1.82, 2.24) is 4.90 Å². The zero-order valence-electron chi connectivity index (χ0n) is 9.04. The van der Waals surface area contributed by atoms with Crippen molar-refractivity contribution in [3.05, 3.63) is 0 Å². The van der Waals surface area contributed by atoms with Crippen LogP contribution in [0.3, 0.4) is 0 Å². The SMILES string of the molecule is CCCCN1CCCC1CCC(=O)O. The number of nitrogens with zero attached hydrogens (tertiary/aromatic N) is 1. The molecule has 82 valence electrons. The minimum atomic E-state index is -0.660. The van der Waals surface area contributed by atoms with Gasteiger partial charge in [-0.3, -0.25) is 4.79 Å². The Morgan fingerprint density at radius 1 is 1.57 bits per heavy atom. The summed E-state index contributed by atoms with van der Waals surface area (Å²) in [6.07, 6.45) is 6.06. The minimum Gasteiger partial charge on any atom is -0.481 e. The second-order valence-corrected chi connectivity index (χ2v) is 4.12.